The van der Waals surface area contributed by atoms with E-state index in [2.05, 4.69) is 9.97 Å². The van der Waals surface area contributed by atoms with E-state index in [-0.39, 0.29) is 18.1 Å². The number of anilines is 1. The van der Waals surface area contributed by atoms with Crippen LogP contribution >= 0.6 is 0 Å². The van der Waals surface area contributed by atoms with Gasteiger partial charge < -0.3 is 24.7 Å². The fourth-order valence-corrected chi connectivity index (χ4v) is 2.59. The quantitative estimate of drug-likeness (QED) is 0.497. The number of aromatic nitrogens is 2. The number of nitrogens with two attached hydrogens (primary N) is 1. The van der Waals surface area contributed by atoms with Crippen molar-refractivity contribution < 1.29 is 33.3 Å². The van der Waals surface area contributed by atoms with Crippen LogP contribution in [-0.4, -0.2) is 52.8 Å². The minimum Gasteiger partial charge on any atom is -0.463 e. The van der Waals surface area contributed by atoms with Gasteiger partial charge >= 0.3 is 17.9 Å². The smallest absolute Gasteiger partial charge is 0.303 e. The van der Waals surface area contributed by atoms with Crippen molar-refractivity contribution in [3.63, 3.8) is 0 Å². The standard InChI is InChI=1S/C15H19N3O8/c1-6(19)23-5-10-12(24-7(2)20)13(25-8(3)21)11(26-10)9-4-17-15(16)18-14(9)22/h4,10-13H,5H2,1-3H3,(H3,16,17,18,22). The first-order valence-corrected chi connectivity index (χ1v) is 7.67. The molecule has 26 heavy (non-hydrogen) atoms. The van der Waals surface area contributed by atoms with Gasteiger partial charge in [-0.3, -0.25) is 24.2 Å². The summed E-state index contributed by atoms with van der Waals surface area (Å²) in [6.07, 6.45) is -3.09. The first-order chi connectivity index (χ1) is 12.2. The van der Waals surface area contributed by atoms with Crippen molar-refractivity contribution in [2.75, 3.05) is 12.3 Å². The summed E-state index contributed by atoms with van der Waals surface area (Å²) in [6, 6.07) is 0. The second-order valence-electron chi connectivity index (χ2n) is 5.60. The van der Waals surface area contributed by atoms with Crippen molar-refractivity contribution in [1.82, 2.24) is 9.97 Å². The Kier molecular flexibility index (Phi) is 5.93. The summed E-state index contributed by atoms with van der Waals surface area (Å²) in [4.78, 5) is 52.3. The largest absolute Gasteiger partial charge is 0.463 e. The molecule has 1 aromatic heterocycles. The number of nitrogens with zero attached hydrogens (tertiary/aromatic N) is 1. The van der Waals surface area contributed by atoms with Gasteiger partial charge in [0, 0.05) is 27.0 Å². The Morgan fingerprint density at radius 3 is 2.31 bits per heavy atom. The zero-order valence-electron chi connectivity index (χ0n) is 14.4. The maximum absolute atomic E-state index is 12.2. The molecule has 2 rings (SSSR count). The summed E-state index contributed by atoms with van der Waals surface area (Å²) in [5.41, 5.74) is 4.84. The molecule has 0 saturated carbocycles. The Hall–Kier alpha value is -2.95. The van der Waals surface area contributed by atoms with E-state index in [1.165, 1.54) is 20.0 Å². The fourth-order valence-electron chi connectivity index (χ4n) is 2.59. The van der Waals surface area contributed by atoms with Gasteiger partial charge in [0.2, 0.25) is 0 Å². The molecular weight excluding hydrogens is 350 g/mol. The Labute approximate surface area is 147 Å². The van der Waals surface area contributed by atoms with Crippen LogP contribution in [0, 0.1) is 0 Å². The average molecular weight is 369 g/mol. The predicted octanol–water partition coefficient (Wildman–Crippen LogP) is -0.781. The van der Waals surface area contributed by atoms with Crippen LogP contribution in [0.15, 0.2) is 11.0 Å². The first-order valence-electron chi connectivity index (χ1n) is 7.67. The SMILES string of the molecule is CC(=O)OCC1OC(c2cnc(N)[nH]c2=O)C(OC(C)=O)C1OC(C)=O. The number of hydrogen-bond acceptors (Lipinski definition) is 10. The van der Waals surface area contributed by atoms with Gasteiger partial charge in [0.1, 0.15) is 18.8 Å². The van der Waals surface area contributed by atoms with E-state index in [1.54, 1.807) is 0 Å². The molecule has 0 aliphatic carbocycles. The number of rotatable bonds is 5. The topological polar surface area (TPSA) is 160 Å². The molecule has 11 nitrogen and oxygen atoms in total. The van der Waals surface area contributed by atoms with E-state index < -0.39 is 47.9 Å². The molecule has 2 heterocycles. The third-order valence-electron chi connectivity index (χ3n) is 3.52. The number of hydrogen-bond donors (Lipinski definition) is 2. The molecule has 0 aromatic carbocycles. The number of nitrogen functional groups attached to an aromatic ring is 1. The lowest BCUT2D eigenvalue weighted by Gasteiger charge is -2.23. The summed E-state index contributed by atoms with van der Waals surface area (Å²) < 4.78 is 21.0. The highest BCUT2D eigenvalue weighted by Crippen LogP contribution is 2.36. The maximum Gasteiger partial charge on any atom is 0.303 e. The first kappa shape index (κ1) is 19.4. The molecule has 1 aliphatic rings. The van der Waals surface area contributed by atoms with E-state index in [1.807, 2.05) is 0 Å². The monoisotopic (exact) mass is 369 g/mol. The number of nitrogens with one attached hydrogen (secondary N) is 1. The van der Waals surface area contributed by atoms with Gasteiger partial charge in [-0.05, 0) is 0 Å². The summed E-state index contributed by atoms with van der Waals surface area (Å²) in [5, 5.41) is 0. The van der Waals surface area contributed by atoms with E-state index in [0.717, 1.165) is 6.92 Å². The number of H-pyrrole nitrogens is 1. The minimum absolute atomic E-state index is 0.0212. The second kappa shape index (κ2) is 7.95. The molecule has 1 fully saturated rings. The molecule has 1 saturated heterocycles. The summed E-state index contributed by atoms with van der Waals surface area (Å²) in [5.74, 6) is -2.01. The van der Waals surface area contributed by atoms with Crippen molar-refractivity contribution in [2.45, 2.75) is 45.2 Å². The van der Waals surface area contributed by atoms with Crippen molar-refractivity contribution in [1.29, 1.82) is 0 Å². The van der Waals surface area contributed by atoms with Gasteiger partial charge in [0.25, 0.3) is 5.56 Å². The number of carbonyl (C=O) groups excluding carboxylic acids is 3. The lowest BCUT2D eigenvalue weighted by molar-refractivity contribution is -0.165. The van der Waals surface area contributed by atoms with Gasteiger partial charge in [-0.2, -0.15) is 0 Å². The van der Waals surface area contributed by atoms with E-state index >= 15 is 0 Å². The number of aromatic amines is 1. The van der Waals surface area contributed by atoms with Crippen LogP contribution in [-0.2, 0) is 33.3 Å². The zero-order chi connectivity index (χ0) is 19.4. The molecule has 1 aromatic rings. The van der Waals surface area contributed by atoms with Gasteiger partial charge in [-0.1, -0.05) is 0 Å². The molecular formula is C15H19N3O8. The predicted molar refractivity (Wildman–Crippen MR) is 84.6 cm³/mol. The van der Waals surface area contributed by atoms with Crippen LogP contribution in [0.5, 0.6) is 0 Å². The molecule has 4 unspecified atom stereocenters. The number of esters is 3. The Bertz CT molecular complexity index is 762. The van der Waals surface area contributed by atoms with Gasteiger partial charge in [-0.25, -0.2) is 4.98 Å². The minimum atomic E-state index is -1.14. The Morgan fingerprint density at radius 2 is 1.77 bits per heavy atom. The lowest BCUT2D eigenvalue weighted by atomic mass is 10.0. The molecule has 0 spiro atoms. The Morgan fingerprint density at radius 1 is 1.15 bits per heavy atom. The molecule has 3 N–H and O–H groups in total. The van der Waals surface area contributed by atoms with E-state index in [9.17, 15) is 19.2 Å². The third kappa shape index (κ3) is 4.57. The lowest BCUT2D eigenvalue weighted by Crippen LogP contribution is -2.40. The molecule has 0 amide bonds. The number of carbonyl (C=O) groups is 3. The van der Waals surface area contributed by atoms with Crippen LogP contribution < -0.4 is 11.3 Å². The average Bonchev–Trinajstić information content (AvgIpc) is 2.82. The van der Waals surface area contributed by atoms with Crippen LogP contribution in [0.1, 0.15) is 32.4 Å². The molecule has 11 heteroatoms. The van der Waals surface area contributed by atoms with Gasteiger partial charge in [-0.15, -0.1) is 0 Å². The summed E-state index contributed by atoms with van der Waals surface area (Å²) in [6.45, 7) is 3.26. The highest BCUT2D eigenvalue weighted by atomic mass is 16.6. The van der Waals surface area contributed by atoms with E-state index in [0.29, 0.717) is 0 Å². The third-order valence-corrected chi connectivity index (χ3v) is 3.52. The highest BCUT2D eigenvalue weighted by Gasteiger charge is 2.51. The van der Waals surface area contributed by atoms with Gasteiger partial charge in [0.05, 0.1) is 5.56 Å². The molecule has 1 aliphatic heterocycles. The summed E-state index contributed by atoms with van der Waals surface area (Å²) >= 11 is 0. The van der Waals surface area contributed by atoms with Crippen molar-refractivity contribution in [2.24, 2.45) is 0 Å². The summed E-state index contributed by atoms with van der Waals surface area (Å²) in [7, 11) is 0. The van der Waals surface area contributed by atoms with Crippen LogP contribution in [0.3, 0.4) is 0 Å². The van der Waals surface area contributed by atoms with Crippen molar-refractivity contribution in [3.05, 3.63) is 22.1 Å². The van der Waals surface area contributed by atoms with Crippen molar-refractivity contribution in [3.8, 4) is 0 Å². The maximum atomic E-state index is 12.2. The number of ether oxygens (including phenoxy) is 4. The molecule has 142 valence electrons. The van der Waals surface area contributed by atoms with Crippen molar-refractivity contribution >= 4 is 23.9 Å². The normalized spacial score (nSPS) is 24.7. The van der Waals surface area contributed by atoms with Gasteiger partial charge in [0.15, 0.2) is 18.2 Å². The van der Waals surface area contributed by atoms with Crippen LogP contribution in [0.25, 0.3) is 0 Å². The highest BCUT2D eigenvalue weighted by molar-refractivity contribution is 5.68. The second-order valence-corrected chi connectivity index (χ2v) is 5.60. The molecule has 0 radical (unpaired) electrons. The zero-order valence-corrected chi connectivity index (χ0v) is 14.4. The van der Waals surface area contributed by atoms with Crippen LogP contribution in [0.4, 0.5) is 5.95 Å². The molecule has 4 atom stereocenters. The molecule has 0 bridgehead atoms. The fraction of sp³-hybridized carbons (Fsp3) is 0.533. The Balaban J connectivity index is 2.40. The van der Waals surface area contributed by atoms with Crippen LogP contribution in [0.2, 0.25) is 0 Å². The van der Waals surface area contributed by atoms with E-state index in [4.69, 9.17) is 24.7 Å².